The summed E-state index contributed by atoms with van der Waals surface area (Å²) in [6, 6.07) is 3.75. The van der Waals surface area contributed by atoms with Crippen LogP contribution in [0.4, 0.5) is 0 Å². The van der Waals surface area contributed by atoms with Crippen LogP contribution in [0.25, 0.3) is 10.1 Å². The summed E-state index contributed by atoms with van der Waals surface area (Å²) < 4.78 is 7.82. The maximum absolute atomic E-state index is 12.1. The van der Waals surface area contributed by atoms with Gasteiger partial charge in [0, 0.05) is 17.8 Å². The van der Waals surface area contributed by atoms with Gasteiger partial charge < -0.3 is 8.98 Å². The zero-order chi connectivity index (χ0) is 11.8. The number of thiophene rings is 1. The Hall–Kier alpha value is -1.95. The van der Waals surface area contributed by atoms with Crippen LogP contribution in [0.2, 0.25) is 0 Å². The summed E-state index contributed by atoms with van der Waals surface area (Å²) in [6.07, 6.45) is 1.75. The largest absolute Gasteiger partial charge is 0.424 e. The highest BCUT2D eigenvalue weighted by Gasteiger charge is 2.07. The van der Waals surface area contributed by atoms with Crippen molar-refractivity contribution in [2.45, 2.75) is 13.5 Å². The topological polar surface area (TPSA) is 60.9 Å². The second kappa shape index (κ2) is 3.81. The Kier molecular flexibility index (Phi) is 2.29. The number of hydrogen-bond acceptors (Lipinski definition) is 5. The Morgan fingerprint density at radius 3 is 3.06 bits per heavy atom. The third-order valence-corrected chi connectivity index (χ3v) is 3.35. The minimum Gasteiger partial charge on any atom is -0.424 e. The number of nitrogens with zero attached hydrogens (tertiary/aromatic N) is 3. The van der Waals surface area contributed by atoms with E-state index in [1.54, 1.807) is 29.0 Å². The maximum Gasteiger partial charge on any atom is 0.259 e. The second-order valence-electron chi connectivity index (χ2n) is 3.66. The van der Waals surface area contributed by atoms with Crippen molar-refractivity contribution in [2.24, 2.45) is 0 Å². The zero-order valence-corrected chi connectivity index (χ0v) is 9.90. The molecular weight excluding hydrogens is 238 g/mol. The number of hydrogen-bond donors (Lipinski definition) is 0. The molecule has 0 aliphatic carbocycles. The number of pyridine rings is 1. The van der Waals surface area contributed by atoms with Gasteiger partial charge in [0.25, 0.3) is 5.56 Å². The van der Waals surface area contributed by atoms with Crippen LogP contribution >= 0.6 is 11.3 Å². The number of aromatic nitrogens is 3. The Bertz CT molecular complexity index is 725. The molecule has 0 saturated heterocycles. The van der Waals surface area contributed by atoms with E-state index >= 15 is 0 Å². The van der Waals surface area contributed by atoms with Crippen molar-refractivity contribution in [2.75, 3.05) is 0 Å². The molecule has 0 spiro atoms. The highest BCUT2D eigenvalue weighted by atomic mass is 32.1. The molecule has 3 aromatic rings. The fourth-order valence-corrected chi connectivity index (χ4v) is 2.45. The Morgan fingerprint density at radius 1 is 1.41 bits per heavy atom. The van der Waals surface area contributed by atoms with E-state index < -0.39 is 0 Å². The molecule has 3 heterocycles. The fourth-order valence-electron chi connectivity index (χ4n) is 1.68. The van der Waals surface area contributed by atoms with E-state index in [9.17, 15) is 4.79 Å². The van der Waals surface area contributed by atoms with E-state index in [-0.39, 0.29) is 5.56 Å². The molecule has 0 amide bonds. The monoisotopic (exact) mass is 247 g/mol. The highest BCUT2D eigenvalue weighted by molar-refractivity contribution is 7.17. The van der Waals surface area contributed by atoms with E-state index in [1.165, 1.54) is 0 Å². The number of fused-ring (bicyclic) bond motifs is 1. The van der Waals surface area contributed by atoms with E-state index in [0.29, 0.717) is 18.3 Å². The lowest BCUT2D eigenvalue weighted by atomic mass is 10.3. The van der Waals surface area contributed by atoms with Crippen molar-refractivity contribution in [1.82, 2.24) is 14.8 Å². The molecule has 0 atom stereocenters. The lowest BCUT2D eigenvalue weighted by Crippen LogP contribution is -2.19. The molecule has 0 bridgehead atoms. The van der Waals surface area contributed by atoms with Crippen molar-refractivity contribution in [3.63, 3.8) is 0 Å². The molecule has 0 radical (unpaired) electrons. The zero-order valence-electron chi connectivity index (χ0n) is 9.08. The van der Waals surface area contributed by atoms with Gasteiger partial charge in [-0.1, -0.05) is 0 Å². The molecule has 0 fully saturated rings. The molecule has 0 N–H and O–H groups in total. The van der Waals surface area contributed by atoms with Crippen LogP contribution in [0.5, 0.6) is 0 Å². The first kappa shape index (κ1) is 10.2. The average Bonchev–Trinajstić information content (AvgIpc) is 2.92. The molecule has 0 aromatic carbocycles. The van der Waals surface area contributed by atoms with Gasteiger partial charge in [0.1, 0.15) is 6.54 Å². The van der Waals surface area contributed by atoms with Gasteiger partial charge in [-0.25, -0.2) is 0 Å². The molecule has 3 rings (SSSR count). The highest BCUT2D eigenvalue weighted by Crippen LogP contribution is 2.16. The van der Waals surface area contributed by atoms with Crippen molar-refractivity contribution in [1.29, 1.82) is 0 Å². The van der Waals surface area contributed by atoms with E-state index in [1.807, 2.05) is 17.5 Å². The minimum absolute atomic E-state index is 0.0281. The Labute approximate surface area is 100 Å². The normalized spacial score (nSPS) is 11.1. The number of aryl methyl sites for hydroxylation is 1. The van der Waals surface area contributed by atoms with Crippen molar-refractivity contribution in [3.8, 4) is 0 Å². The van der Waals surface area contributed by atoms with Gasteiger partial charge in [0.15, 0.2) is 0 Å². The quantitative estimate of drug-likeness (QED) is 0.692. The van der Waals surface area contributed by atoms with Crippen molar-refractivity contribution in [3.05, 3.63) is 45.8 Å². The molecule has 0 aliphatic rings. The molecule has 0 unspecified atom stereocenters. The molecular formula is C11H9N3O2S. The van der Waals surface area contributed by atoms with Crippen LogP contribution in [0.15, 0.2) is 32.9 Å². The number of rotatable bonds is 2. The lowest BCUT2D eigenvalue weighted by Gasteiger charge is -2.01. The van der Waals surface area contributed by atoms with E-state index in [4.69, 9.17) is 4.42 Å². The average molecular weight is 247 g/mol. The van der Waals surface area contributed by atoms with E-state index in [0.717, 1.165) is 10.1 Å². The first-order chi connectivity index (χ1) is 8.24. The summed E-state index contributed by atoms with van der Waals surface area (Å²) in [5.41, 5.74) is -0.0281. The van der Waals surface area contributed by atoms with Crippen LogP contribution in [-0.4, -0.2) is 14.8 Å². The smallest absolute Gasteiger partial charge is 0.259 e. The van der Waals surface area contributed by atoms with Crippen LogP contribution in [0.1, 0.15) is 11.8 Å². The maximum atomic E-state index is 12.1. The predicted molar refractivity (Wildman–Crippen MR) is 64.2 cm³/mol. The summed E-state index contributed by atoms with van der Waals surface area (Å²) in [6.45, 7) is 2.03. The predicted octanol–water partition coefficient (Wildman–Crippen LogP) is 1.80. The molecule has 0 saturated carbocycles. The van der Waals surface area contributed by atoms with E-state index in [2.05, 4.69) is 10.2 Å². The first-order valence-electron chi connectivity index (χ1n) is 5.10. The van der Waals surface area contributed by atoms with Crippen LogP contribution in [0, 0.1) is 6.92 Å². The van der Waals surface area contributed by atoms with Gasteiger partial charge in [-0.15, -0.1) is 21.5 Å². The van der Waals surface area contributed by atoms with Crippen molar-refractivity contribution >= 4 is 21.4 Å². The first-order valence-corrected chi connectivity index (χ1v) is 5.97. The van der Waals surface area contributed by atoms with Crippen LogP contribution in [0.3, 0.4) is 0 Å². The standard InChI is InChI=1S/C11H9N3O2S/c1-7-12-13-10(16-7)6-14-4-2-9-8(11(14)15)3-5-17-9/h2-5H,6H2,1H3. The Balaban J connectivity index is 2.06. The summed E-state index contributed by atoms with van der Waals surface area (Å²) in [4.78, 5) is 12.1. The minimum atomic E-state index is -0.0281. The van der Waals surface area contributed by atoms with Gasteiger partial charge in [-0.2, -0.15) is 0 Å². The van der Waals surface area contributed by atoms with Crippen LogP contribution < -0.4 is 5.56 Å². The van der Waals surface area contributed by atoms with Gasteiger partial charge in [0.2, 0.25) is 11.8 Å². The molecule has 0 aliphatic heterocycles. The lowest BCUT2D eigenvalue weighted by molar-refractivity contribution is 0.452. The van der Waals surface area contributed by atoms with Gasteiger partial charge >= 0.3 is 0 Å². The summed E-state index contributed by atoms with van der Waals surface area (Å²) >= 11 is 1.56. The molecule has 86 valence electrons. The van der Waals surface area contributed by atoms with Crippen LogP contribution in [-0.2, 0) is 6.54 Å². The van der Waals surface area contributed by atoms with Gasteiger partial charge in [-0.05, 0) is 17.5 Å². The third-order valence-electron chi connectivity index (χ3n) is 2.47. The molecule has 6 heteroatoms. The summed E-state index contributed by atoms with van der Waals surface area (Å²) in [7, 11) is 0. The Morgan fingerprint density at radius 2 is 2.29 bits per heavy atom. The molecule has 17 heavy (non-hydrogen) atoms. The second-order valence-corrected chi connectivity index (χ2v) is 4.61. The summed E-state index contributed by atoms with van der Waals surface area (Å²) in [5, 5.41) is 10.3. The third kappa shape index (κ3) is 1.76. The summed E-state index contributed by atoms with van der Waals surface area (Å²) in [5.74, 6) is 0.948. The fraction of sp³-hybridized carbons (Fsp3) is 0.182. The SMILES string of the molecule is Cc1nnc(Cn2ccc3sccc3c2=O)o1. The van der Waals surface area contributed by atoms with Gasteiger partial charge in [-0.3, -0.25) is 4.79 Å². The van der Waals surface area contributed by atoms with Crippen molar-refractivity contribution < 1.29 is 4.42 Å². The molecule has 3 aromatic heterocycles. The van der Waals surface area contributed by atoms with Gasteiger partial charge in [0.05, 0.1) is 5.39 Å². The molecule has 5 nitrogen and oxygen atoms in total.